The molecule has 5 nitrogen and oxygen atoms in total. The molecule has 1 unspecified atom stereocenters. The van der Waals surface area contributed by atoms with Gasteiger partial charge >= 0.3 is 0 Å². The maximum absolute atomic E-state index is 12.3. The quantitative estimate of drug-likeness (QED) is 0.742. The molecule has 0 aromatic heterocycles. The van der Waals surface area contributed by atoms with Gasteiger partial charge in [0.2, 0.25) is 5.91 Å². The van der Waals surface area contributed by atoms with E-state index in [4.69, 9.17) is 0 Å². The van der Waals surface area contributed by atoms with Gasteiger partial charge in [0.05, 0.1) is 0 Å². The average Bonchev–Trinajstić information content (AvgIpc) is 2.51. The smallest absolute Gasteiger partial charge is 0.227 e. The summed E-state index contributed by atoms with van der Waals surface area (Å²) in [7, 11) is 3.89. The summed E-state index contributed by atoms with van der Waals surface area (Å²) in [5.74, 6) is -0.685. The number of nitrogens with one attached hydrogen (secondary N) is 1. The third-order valence-corrected chi connectivity index (χ3v) is 3.66. The molecule has 0 spiro atoms. The lowest BCUT2D eigenvalue weighted by Gasteiger charge is -2.16. The van der Waals surface area contributed by atoms with Crippen molar-refractivity contribution in [2.45, 2.75) is 13.3 Å². The first-order chi connectivity index (χ1) is 10.9. The fourth-order valence-corrected chi connectivity index (χ4v) is 2.27. The van der Waals surface area contributed by atoms with Crippen LogP contribution in [0.2, 0.25) is 0 Å². The van der Waals surface area contributed by atoms with E-state index in [0.29, 0.717) is 6.42 Å². The van der Waals surface area contributed by atoms with E-state index in [9.17, 15) is 15.0 Å². The Hall–Kier alpha value is -2.69. The second kappa shape index (κ2) is 7.05. The molecule has 2 aromatic carbocycles. The van der Waals surface area contributed by atoms with Crippen LogP contribution in [0.25, 0.3) is 0 Å². The van der Waals surface area contributed by atoms with Crippen LogP contribution >= 0.6 is 0 Å². The topological polar surface area (TPSA) is 72.8 Å². The number of benzene rings is 2. The van der Waals surface area contributed by atoms with Gasteiger partial charge in [-0.3, -0.25) is 4.79 Å². The van der Waals surface area contributed by atoms with E-state index in [1.165, 1.54) is 12.1 Å². The Morgan fingerprint density at radius 3 is 2.52 bits per heavy atom. The molecule has 0 heterocycles. The van der Waals surface area contributed by atoms with Crippen molar-refractivity contribution in [1.29, 1.82) is 0 Å². The van der Waals surface area contributed by atoms with Gasteiger partial charge in [-0.25, -0.2) is 0 Å². The normalized spacial score (nSPS) is 11.8. The zero-order valence-corrected chi connectivity index (χ0v) is 13.6. The van der Waals surface area contributed by atoms with Gasteiger partial charge < -0.3 is 20.4 Å². The summed E-state index contributed by atoms with van der Waals surface area (Å²) in [5, 5.41) is 21.7. The molecule has 0 saturated carbocycles. The molecular weight excluding hydrogens is 292 g/mol. The van der Waals surface area contributed by atoms with Crippen molar-refractivity contribution in [2.75, 3.05) is 24.3 Å². The number of aromatic hydroxyl groups is 2. The molecule has 1 atom stereocenters. The molecule has 23 heavy (non-hydrogen) atoms. The van der Waals surface area contributed by atoms with E-state index in [0.717, 1.165) is 16.9 Å². The molecule has 0 aliphatic heterocycles. The van der Waals surface area contributed by atoms with Gasteiger partial charge in [-0.15, -0.1) is 0 Å². The van der Waals surface area contributed by atoms with Crippen LogP contribution in [0.4, 0.5) is 11.4 Å². The molecular formula is C18H22N2O3. The zero-order valence-electron chi connectivity index (χ0n) is 13.6. The minimum atomic E-state index is -0.262. The number of anilines is 2. The largest absolute Gasteiger partial charge is 0.504 e. The van der Waals surface area contributed by atoms with Crippen LogP contribution in [-0.4, -0.2) is 30.2 Å². The highest BCUT2D eigenvalue weighted by Gasteiger charge is 2.15. The van der Waals surface area contributed by atoms with E-state index < -0.39 is 0 Å². The summed E-state index contributed by atoms with van der Waals surface area (Å²) in [6.07, 6.45) is 0.479. The predicted molar refractivity (Wildman–Crippen MR) is 92.0 cm³/mol. The highest BCUT2D eigenvalue weighted by atomic mass is 16.3. The lowest BCUT2D eigenvalue weighted by atomic mass is 10.00. The SMILES string of the molecule is CC(Cc1ccc(O)c(O)c1)C(=O)Nc1cccc(N(C)C)c1. The van der Waals surface area contributed by atoms with Gasteiger partial charge in [0.25, 0.3) is 0 Å². The first-order valence-electron chi connectivity index (χ1n) is 7.46. The third-order valence-electron chi connectivity index (χ3n) is 3.66. The number of hydrogen-bond acceptors (Lipinski definition) is 4. The van der Waals surface area contributed by atoms with Crippen molar-refractivity contribution < 1.29 is 15.0 Å². The van der Waals surface area contributed by atoms with Crippen molar-refractivity contribution in [3.05, 3.63) is 48.0 Å². The summed E-state index contributed by atoms with van der Waals surface area (Å²) < 4.78 is 0. The number of carbonyl (C=O) groups excluding carboxylic acids is 1. The molecule has 2 rings (SSSR count). The van der Waals surface area contributed by atoms with Crippen LogP contribution in [0.3, 0.4) is 0 Å². The molecule has 122 valence electrons. The van der Waals surface area contributed by atoms with Crippen LogP contribution in [0.1, 0.15) is 12.5 Å². The minimum absolute atomic E-state index is 0.0894. The maximum Gasteiger partial charge on any atom is 0.227 e. The van der Waals surface area contributed by atoms with Gasteiger partial charge in [-0.05, 0) is 42.3 Å². The highest BCUT2D eigenvalue weighted by molar-refractivity contribution is 5.93. The number of phenols is 2. The van der Waals surface area contributed by atoms with E-state index in [2.05, 4.69) is 5.32 Å². The Bertz CT molecular complexity index is 698. The predicted octanol–water partition coefficient (Wildman–Crippen LogP) is 2.98. The van der Waals surface area contributed by atoms with E-state index in [1.54, 1.807) is 6.07 Å². The summed E-state index contributed by atoms with van der Waals surface area (Å²) in [6.45, 7) is 1.83. The van der Waals surface area contributed by atoms with Gasteiger partial charge in [-0.1, -0.05) is 19.1 Å². The molecule has 1 amide bonds. The van der Waals surface area contributed by atoms with Gasteiger partial charge in [-0.2, -0.15) is 0 Å². The average molecular weight is 314 g/mol. The molecule has 0 fully saturated rings. The summed E-state index contributed by atoms with van der Waals surface area (Å²) >= 11 is 0. The third kappa shape index (κ3) is 4.39. The maximum atomic E-state index is 12.3. The van der Waals surface area contributed by atoms with E-state index in [-0.39, 0.29) is 23.3 Å². The van der Waals surface area contributed by atoms with Crippen molar-refractivity contribution in [2.24, 2.45) is 5.92 Å². The van der Waals surface area contributed by atoms with Gasteiger partial charge in [0.15, 0.2) is 11.5 Å². The Labute approximate surface area is 136 Å². The molecule has 0 bridgehead atoms. The lowest BCUT2D eigenvalue weighted by molar-refractivity contribution is -0.119. The lowest BCUT2D eigenvalue weighted by Crippen LogP contribution is -2.22. The minimum Gasteiger partial charge on any atom is -0.504 e. The summed E-state index contributed by atoms with van der Waals surface area (Å²) in [4.78, 5) is 14.3. The number of nitrogens with zero attached hydrogens (tertiary/aromatic N) is 1. The molecule has 0 saturated heterocycles. The molecule has 0 aliphatic rings. The first-order valence-corrected chi connectivity index (χ1v) is 7.46. The molecule has 2 aromatic rings. The van der Waals surface area contributed by atoms with Gasteiger partial charge in [0, 0.05) is 31.4 Å². The number of hydrogen-bond donors (Lipinski definition) is 3. The van der Waals surface area contributed by atoms with Crippen LogP contribution < -0.4 is 10.2 Å². The number of phenolic OH excluding ortho intramolecular Hbond substituents is 2. The van der Waals surface area contributed by atoms with Crippen LogP contribution in [0, 0.1) is 5.92 Å². The molecule has 0 aliphatic carbocycles. The Kier molecular flexibility index (Phi) is 5.11. The summed E-state index contributed by atoms with van der Waals surface area (Å²) in [6, 6.07) is 12.2. The van der Waals surface area contributed by atoms with Crippen molar-refractivity contribution in [3.8, 4) is 11.5 Å². The molecule has 3 N–H and O–H groups in total. The molecule has 5 heteroatoms. The van der Waals surface area contributed by atoms with Crippen LogP contribution in [-0.2, 0) is 11.2 Å². The monoisotopic (exact) mass is 314 g/mol. The van der Waals surface area contributed by atoms with Crippen molar-refractivity contribution in [3.63, 3.8) is 0 Å². The second-order valence-corrected chi connectivity index (χ2v) is 5.86. The summed E-state index contributed by atoms with van der Waals surface area (Å²) in [5.41, 5.74) is 2.56. The Balaban J connectivity index is 2.02. The first kappa shape index (κ1) is 16.7. The fraction of sp³-hybridized carbons (Fsp3) is 0.278. The van der Waals surface area contributed by atoms with E-state index >= 15 is 0 Å². The number of rotatable bonds is 5. The Morgan fingerprint density at radius 2 is 1.87 bits per heavy atom. The zero-order chi connectivity index (χ0) is 17.0. The van der Waals surface area contributed by atoms with E-state index in [1.807, 2.05) is 50.2 Å². The van der Waals surface area contributed by atoms with Crippen LogP contribution in [0.5, 0.6) is 11.5 Å². The second-order valence-electron chi connectivity index (χ2n) is 5.86. The standard InChI is InChI=1S/C18H22N2O3/c1-12(9-13-7-8-16(21)17(22)10-13)18(23)19-14-5-4-6-15(11-14)20(2)3/h4-8,10-12,21-22H,9H2,1-3H3,(H,19,23). The highest BCUT2D eigenvalue weighted by Crippen LogP contribution is 2.26. The Morgan fingerprint density at radius 1 is 1.13 bits per heavy atom. The molecule has 0 radical (unpaired) electrons. The van der Waals surface area contributed by atoms with Gasteiger partial charge in [0.1, 0.15) is 0 Å². The van der Waals surface area contributed by atoms with Crippen molar-refractivity contribution >= 4 is 17.3 Å². The van der Waals surface area contributed by atoms with Crippen molar-refractivity contribution in [1.82, 2.24) is 0 Å². The number of carbonyl (C=O) groups is 1. The number of amides is 1. The fourth-order valence-electron chi connectivity index (χ4n) is 2.27. The van der Waals surface area contributed by atoms with Crippen LogP contribution in [0.15, 0.2) is 42.5 Å².